The topological polar surface area (TPSA) is 41.4 Å². The van der Waals surface area contributed by atoms with E-state index in [2.05, 4.69) is 32.8 Å². The molecule has 0 spiro atoms. The van der Waals surface area contributed by atoms with Crippen molar-refractivity contribution in [2.75, 3.05) is 33.2 Å². The van der Waals surface area contributed by atoms with E-state index in [-0.39, 0.29) is 11.6 Å². The maximum atomic E-state index is 12.9. The SMILES string of the molecule is CN1CCCN(C2CCCn3c2nc2ccc(Br)cc2c3=O)CC1. The molecule has 2 aromatic rings. The second kappa shape index (κ2) is 6.58. The minimum absolute atomic E-state index is 0.105. The fourth-order valence-corrected chi connectivity index (χ4v) is 4.34. The highest BCUT2D eigenvalue weighted by Crippen LogP contribution is 2.30. The Morgan fingerprint density at radius 2 is 2.00 bits per heavy atom. The molecule has 0 N–H and O–H groups in total. The van der Waals surface area contributed by atoms with Crippen molar-refractivity contribution >= 4 is 26.8 Å². The minimum atomic E-state index is 0.105. The third-order valence-electron chi connectivity index (χ3n) is 5.30. The molecule has 1 aromatic heterocycles. The molecule has 0 amide bonds. The smallest absolute Gasteiger partial charge is 0.261 e. The summed E-state index contributed by atoms with van der Waals surface area (Å²) < 4.78 is 2.84. The fraction of sp³-hybridized carbons (Fsp3) is 0.556. The van der Waals surface area contributed by atoms with Gasteiger partial charge in [0.25, 0.3) is 5.56 Å². The lowest BCUT2D eigenvalue weighted by Gasteiger charge is -2.34. The molecule has 1 saturated heterocycles. The van der Waals surface area contributed by atoms with Crippen LogP contribution in [0, 0.1) is 0 Å². The fourth-order valence-electron chi connectivity index (χ4n) is 3.98. The highest BCUT2D eigenvalue weighted by atomic mass is 79.9. The van der Waals surface area contributed by atoms with E-state index in [1.54, 1.807) is 0 Å². The normalized spacial score (nSPS) is 23.2. The molecular formula is C18H23BrN4O. The molecule has 6 heteroatoms. The van der Waals surface area contributed by atoms with Gasteiger partial charge in [-0.25, -0.2) is 4.98 Å². The van der Waals surface area contributed by atoms with Crippen LogP contribution in [0.25, 0.3) is 10.9 Å². The van der Waals surface area contributed by atoms with Gasteiger partial charge >= 0.3 is 0 Å². The first-order valence-electron chi connectivity index (χ1n) is 8.76. The van der Waals surface area contributed by atoms with Crippen LogP contribution in [0.15, 0.2) is 27.5 Å². The molecule has 2 aliphatic rings. The zero-order chi connectivity index (χ0) is 16.7. The van der Waals surface area contributed by atoms with Crippen molar-refractivity contribution in [1.82, 2.24) is 19.4 Å². The molecule has 0 radical (unpaired) electrons. The Balaban J connectivity index is 1.78. The number of rotatable bonds is 1. The Morgan fingerprint density at radius 1 is 1.12 bits per heavy atom. The van der Waals surface area contributed by atoms with Crippen molar-refractivity contribution in [3.05, 3.63) is 38.9 Å². The first-order chi connectivity index (χ1) is 11.6. The van der Waals surface area contributed by atoms with Crippen molar-refractivity contribution in [2.45, 2.75) is 31.8 Å². The molecule has 1 fully saturated rings. The van der Waals surface area contributed by atoms with E-state index in [9.17, 15) is 4.79 Å². The molecule has 0 bridgehead atoms. The van der Waals surface area contributed by atoms with Crippen LogP contribution in [0.3, 0.4) is 0 Å². The van der Waals surface area contributed by atoms with Crippen molar-refractivity contribution in [2.24, 2.45) is 0 Å². The number of likely N-dealkylation sites (N-methyl/N-ethyl adjacent to an activating group) is 1. The van der Waals surface area contributed by atoms with Gasteiger partial charge < -0.3 is 4.90 Å². The summed E-state index contributed by atoms with van der Waals surface area (Å²) >= 11 is 3.46. The Labute approximate surface area is 150 Å². The molecule has 1 atom stereocenters. The molecule has 2 aliphatic heterocycles. The van der Waals surface area contributed by atoms with Gasteiger partial charge in [-0.15, -0.1) is 0 Å². The summed E-state index contributed by atoms with van der Waals surface area (Å²) in [6.07, 6.45) is 3.32. The number of benzene rings is 1. The summed E-state index contributed by atoms with van der Waals surface area (Å²) in [5, 5.41) is 0.712. The van der Waals surface area contributed by atoms with E-state index in [4.69, 9.17) is 4.98 Å². The van der Waals surface area contributed by atoms with Crippen LogP contribution >= 0.6 is 15.9 Å². The number of hydrogen-bond donors (Lipinski definition) is 0. The van der Waals surface area contributed by atoms with E-state index < -0.39 is 0 Å². The largest absolute Gasteiger partial charge is 0.305 e. The zero-order valence-electron chi connectivity index (χ0n) is 14.0. The number of aromatic nitrogens is 2. The van der Waals surface area contributed by atoms with Gasteiger partial charge in [-0.1, -0.05) is 15.9 Å². The van der Waals surface area contributed by atoms with Gasteiger partial charge in [-0.05, 0) is 51.1 Å². The van der Waals surface area contributed by atoms with Crippen LogP contribution < -0.4 is 5.56 Å². The molecule has 1 aromatic carbocycles. The second-order valence-corrected chi connectivity index (χ2v) is 7.85. The average Bonchev–Trinajstić information content (AvgIpc) is 2.80. The van der Waals surface area contributed by atoms with Crippen LogP contribution in [0.4, 0.5) is 0 Å². The number of nitrogens with zero attached hydrogens (tertiary/aromatic N) is 4. The van der Waals surface area contributed by atoms with E-state index >= 15 is 0 Å². The Morgan fingerprint density at radius 3 is 2.88 bits per heavy atom. The first kappa shape index (κ1) is 16.2. The average molecular weight is 391 g/mol. The third kappa shape index (κ3) is 2.91. The minimum Gasteiger partial charge on any atom is -0.305 e. The van der Waals surface area contributed by atoms with Crippen molar-refractivity contribution in [3.63, 3.8) is 0 Å². The number of hydrogen-bond acceptors (Lipinski definition) is 4. The van der Waals surface area contributed by atoms with Crippen LogP contribution in [0.5, 0.6) is 0 Å². The van der Waals surface area contributed by atoms with E-state index in [1.165, 1.54) is 6.42 Å². The lowest BCUT2D eigenvalue weighted by Crippen LogP contribution is -2.40. The van der Waals surface area contributed by atoms with Crippen LogP contribution in [-0.2, 0) is 6.54 Å². The van der Waals surface area contributed by atoms with Gasteiger partial charge in [-0.3, -0.25) is 14.3 Å². The van der Waals surface area contributed by atoms with Crippen molar-refractivity contribution < 1.29 is 0 Å². The van der Waals surface area contributed by atoms with Crippen molar-refractivity contribution in [1.29, 1.82) is 0 Å². The van der Waals surface area contributed by atoms with Gasteiger partial charge in [0.2, 0.25) is 0 Å². The molecule has 0 aliphatic carbocycles. The zero-order valence-corrected chi connectivity index (χ0v) is 15.6. The van der Waals surface area contributed by atoms with Crippen molar-refractivity contribution in [3.8, 4) is 0 Å². The Bertz CT molecular complexity index is 819. The maximum absolute atomic E-state index is 12.9. The van der Waals surface area contributed by atoms with Gasteiger partial charge in [-0.2, -0.15) is 0 Å². The third-order valence-corrected chi connectivity index (χ3v) is 5.79. The highest BCUT2D eigenvalue weighted by molar-refractivity contribution is 9.10. The first-order valence-corrected chi connectivity index (χ1v) is 9.55. The van der Waals surface area contributed by atoms with Crippen LogP contribution in [0.2, 0.25) is 0 Å². The quantitative estimate of drug-likeness (QED) is 0.750. The van der Waals surface area contributed by atoms with Crippen LogP contribution in [-0.4, -0.2) is 52.6 Å². The molecule has 4 rings (SSSR count). The molecule has 128 valence electrons. The molecule has 0 saturated carbocycles. The van der Waals surface area contributed by atoms with Gasteiger partial charge in [0.1, 0.15) is 5.82 Å². The summed E-state index contributed by atoms with van der Waals surface area (Å²) in [7, 11) is 2.19. The molecule has 24 heavy (non-hydrogen) atoms. The molecule has 3 heterocycles. The summed E-state index contributed by atoms with van der Waals surface area (Å²) in [5.74, 6) is 0.964. The summed E-state index contributed by atoms with van der Waals surface area (Å²) in [6.45, 7) is 5.16. The lowest BCUT2D eigenvalue weighted by molar-refractivity contribution is 0.163. The Kier molecular flexibility index (Phi) is 4.45. The summed E-state index contributed by atoms with van der Waals surface area (Å²) in [6, 6.07) is 6.07. The van der Waals surface area contributed by atoms with Gasteiger partial charge in [0.05, 0.1) is 16.9 Å². The van der Waals surface area contributed by atoms with Gasteiger partial charge in [0, 0.05) is 30.7 Å². The predicted octanol–water partition coefficient (Wildman–Crippen LogP) is 2.63. The van der Waals surface area contributed by atoms with E-state index in [0.29, 0.717) is 5.39 Å². The summed E-state index contributed by atoms with van der Waals surface area (Å²) in [4.78, 5) is 22.8. The summed E-state index contributed by atoms with van der Waals surface area (Å²) in [5.41, 5.74) is 0.918. The number of halogens is 1. The maximum Gasteiger partial charge on any atom is 0.261 e. The molecule has 1 unspecified atom stereocenters. The molecule has 5 nitrogen and oxygen atoms in total. The monoisotopic (exact) mass is 390 g/mol. The standard InChI is InChI=1S/C18H23BrN4O/c1-21-7-3-8-22(11-10-21)16-4-2-9-23-17(16)20-15-6-5-13(19)12-14(15)18(23)24/h5-6,12,16H,2-4,7-11H2,1H3. The lowest BCUT2D eigenvalue weighted by atomic mass is 10.0. The van der Waals surface area contributed by atoms with E-state index in [0.717, 1.165) is 61.4 Å². The molecular weight excluding hydrogens is 368 g/mol. The Hall–Kier alpha value is -1.24. The number of fused-ring (bicyclic) bond motifs is 2. The van der Waals surface area contributed by atoms with E-state index in [1.807, 2.05) is 22.8 Å². The predicted molar refractivity (Wildman–Crippen MR) is 99.4 cm³/mol. The highest BCUT2D eigenvalue weighted by Gasteiger charge is 2.29. The van der Waals surface area contributed by atoms with Gasteiger partial charge in [0.15, 0.2) is 0 Å². The second-order valence-electron chi connectivity index (χ2n) is 6.94. The van der Waals surface area contributed by atoms with Crippen LogP contribution in [0.1, 0.15) is 31.1 Å².